The molecule has 0 aliphatic carbocycles. The van der Waals surface area contributed by atoms with Crippen molar-refractivity contribution in [1.82, 2.24) is 0 Å². The van der Waals surface area contributed by atoms with Crippen molar-refractivity contribution in [2.45, 2.75) is 36.0 Å². The molecule has 29 heavy (non-hydrogen) atoms. The Labute approximate surface area is 162 Å². The molecular formula is C13H5Cl2F12NO. The SMILES string of the molecule is O=C(Nc1ccc(Cl)c(Cl)c1)C(F)(F)C(F)(F)C(F)(F)C(F)(F)C(F)(F)C(F)F. The van der Waals surface area contributed by atoms with E-state index in [-0.39, 0.29) is 5.02 Å². The second kappa shape index (κ2) is 7.60. The number of carbonyl (C=O) groups is 1. The smallest absolute Gasteiger partial charge is 0.321 e. The Balaban J connectivity index is 3.35. The quantitative estimate of drug-likeness (QED) is 0.443. The van der Waals surface area contributed by atoms with Crippen LogP contribution in [0, 0.1) is 0 Å². The fourth-order valence-electron chi connectivity index (χ4n) is 1.67. The van der Waals surface area contributed by atoms with E-state index in [0.717, 1.165) is 11.4 Å². The number of hydrogen-bond donors (Lipinski definition) is 1. The highest BCUT2D eigenvalue weighted by Gasteiger charge is 2.89. The van der Waals surface area contributed by atoms with Gasteiger partial charge in [0.1, 0.15) is 0 Å². The first-order valence-electron chi connectivity index (χ1n) is 6.69. The first kappa shape index (κ1) is 25.5. The van der Waals surface area contributed by atoms with Crippen molar-refractivity contribution in [2.75, 3.05) is 5.32 Å². The molecule has 0 aliphatic rings. The van der Waals surface area contributed by atoms with Crippen molar-refractivity contribution in [1.29, 1.82) is 0 Å². The Hall–Kier alpha value is -1.57. The average molecular weight is 490 g/mol. The standard InChI is InChI=1S/C13H5Cl2F12NO/c14-5-2-1-4(3-6(5)15)28-8(29)10(20,21)12(24,25)13(26,27)11(22,23)9(18,19)7(16)17/h1-3,7H,(H,28,29). The van der Waals surface area contributed by atoms with Gasteiger partial charge in [-0.3, -0.25) is 4.79 Å². The largest absolute Gasteiger partial charge is 0.393 e. The molecular weight excluding hydrogens is 485 g/mol. The number of nitrogens with one attached hydrogen (secondary N) is 1. The van der Waals surface area contributed by atoms with Gasteiger partial charge in [-0.25, -0.2) is 8.78 Å². The average Bonchev–Trinajstić information content (AvgIpc) is 2.57. The van der Waals surface area contributed by atoms with E-state index in [9.17, 15) is 57.5 Å². The number of halogens is 14. The highest BCUT2D eigenvalue weighted by atomic mass is 35.5. The van der Waals surface area contributed by atoms with Crippen LogP contribution in [0.3, 0.4) is 0 Å². The van der Waals surface area contributed by atoms with Gasteiger partial charge in [0.15, 0.2) is 0 Å². The summed E-state index contributed by atoms with van der Waals surface area (Å²) in [6, 6.07) is 2.04. The molecule has 2 nitrogen and oxygen atoms in total. The van der Waals surface area contributed by atoms with Crippen LogP contribution in [0.15, 0.2) is 18.2 Å². The monoisotopic (exact) mass is 489 g/mol. The summed E-state index contributed by atoms with van der Waals surface area (Å²) in [6.07, 6.45) is -5.63. The zero-order valence-electron chi connectivity index (χ0n) is 13.0. The molecule has 1 amide bonds. The first-order valence-corrected chi connectivity index (χ1v) is 7.44. The van der Waals surface area contributed by atoms with E-state index in [1.165, 1.54) is 0 Å². The Morgan fingerprint density at radius 3 is 1.69 bits per heavy atom. The van der Waals surface area contributed by atoms with Crippen LogP contribution < -0.4 is 5.32 Å². The van der Waals surface area contributed by atoms with Gasteiger partial charge < -0.3 is 5.32 Å². The molecule has 0 fully saturated rings. The molecule has 0 aliphatic heterocycles. The van der Waals surface area contributed by atoms with Gasteiger partial charge in [0.25, 0.3) is 0 Å². The molecule has 0 spiro atoms. The third-order valence-electron chi connectivity index (χ3n) is 3.34. The summed E-state index contributed by atoms with van der Waals surface area (Å²) in [5.74, 6) is -40.3. The number of amides is 1. The Morgan fingerprint density at radius 2 is 1.28 bits per heavy atom. The third-order valence-corrected chi connectivity index (χ3v) is 4.08. The zero-order valence-corrected chi connectivity index (χ0v) is 14.5. The molecule has 0 aromatic heterocycles. The predicted octanol–water partition coefficient (Wildman–Crippen LogP) is 6.37. The predicted molar refractivity (Wildman–Crippen MR) is 75.8 cm³/mol. The summed E-state index contributed by atoms with van der Waals surface area (Å²) in [6.45, 7) is 0. The number of benzene rings is 1. The van der Waals surface area contributed by atoms with Crippen molar-refractivity contribution in [3.8, 4) is 0 Å². The van der Waals surface area contributed by atoms with E-state index in [0.29, 0.717) is 12.1 Å². The molecule has 1 rings (SSSR count). The zero-order chi connectivity index (χ0) is 23.2. The van der Waals surface area contributed by atoms with Gasteiger partial charge in [0.05, 0.1) is 10.0 Å². The van der Waals surface area contributed by atoms with Crippen LogP contribution in [0.25, 0.3) is 0 Å². The lowest BCUT2D eigenvalue weighted by Gasteiger charge is -2.38. The Bertz CT molecular complexity index is 783. The summed E-state index contributed by atoms with van der Waals surface area (Å²) < 4.78 is 156. The van der Waals surface area contributed by atoms with Crippen LogP contribution in [-0.4, -0.2) is 41.9 Å². The minimum Gasteiger partial charge on any atom is -0.321 e. The molecule has 0 heterocycles. The van der Waals surface area contributed by atoms with Crippen molar-refractivity contribution in [2.24, 2.45) is 0 Å². The minimum atomic E-state index is -7.79. The lowest BCUT2D eigenvalue weighted by atomic mass is 9.94. The fourth-order valence-corrected chi connectivity index (χ4v) is 1.96. The summed E-state index contributed by atoms with van der Waals surface area (Å²) >= 11 is 10.9. The van der Waals surface area contributed by atoms with Crippen LogP contribution in [-0.2, 0) is 4.79 Å². The molecule has 0 unspecified atom stereocenters. The van der Waals surface area contributed by atoms with Crippen molar-refractivity contribution in [3.05, 3.63) is 28.2 Å². The molecule has 1 aromatic carbocycles. The second-order valence-corrected chi connectivity index (χ2v) is 6.12. The van der Waals surface area contributed by atoms with E-state index >= 15 is 0 Å². The maximum Gasteiger partial charge on any atom is 0.393 e. The number of anilines is 1. The van der Waals surface area contributed by atoms with Crippen LogP contribution in [0.4, 0.5) is 58.4 Å². The summed E-state index contributed by atoms with van der Waals surface area (Å²) in [5, 5.41) is 0.230. The van der Waals surface area contributed by atoms with Crippen molar-refractivity contribution < 1.29 is 57.5 Å². The molecule has 0 atom stereocenters. The lowest BCUT2D eigenvalue weighted by molar-refractivity contribution is -0.406. The molecule has 0 saturated heterocycles. The van der Waals surface area contributed by atoms with Crippen LogP contribution in [0.5, 0.6) is 0 Å². The second-order valence-electron chi connectivity index (χ2n) is 5.30. The van der Waals surface area contributed by atoms with Gasteiger partial charge in [-0.1, -0.05) is 23.2 Å². The van der Waals surface area contributed by atoms with E-state index in [2.05, 4.69) is 0 Å². The summed E-state index contributed by atoms with van der Waals surface area (Å²) in [4.78, 5) is 11.3. The van der Waals surface area contributed by atoms with Crippen molar-refractivity contribution in [3.63, 3.8) is 0 Å². The molecule has 0 radical (unpaired) electrons. The number of hydrogen-bond acceptors (Lipinski definition) is 1. The van der Waals surface area contributed by atoms with Gasteiger partial charge in [0.2, 0.25) is 0 Å². The van der Waals surface area contributed by atoms with Crippen LogP contribution in [0.1, 0.15) is 0 Å². The van der Waals surface area contributed by atoms with Gasteiger partial charge in [0, 0.05) is 5.69 Å². The molecule has 1 aromatic rings. The maximum atomic E-state index is 13.6. The van der Waals surface area contributed by atoms with Crippen molar-refractivity contribution >= 4 is 34.8 Å². The molecule has 1 N–H and O–H groups in total. The van der Waals surface area contributed by atoms with Gasteiger partial charge in [-0.2, -0.15) is 43.9 Å². The highest BCUT2D eigenvalue weighted by Crippen LogP contribution is 2.58. The molecule has 16 heteroatoms. The first-order chi connectivity index (χ1) is 12.7. The fraction of sp³-hybridized carbons (Fsp3) is 0.462. The topological polar surface area (TPSA) is 29.1 Å². The highest BCUT2D eigenvalue weighted by molar-refractivity contribution is 6.42. The molecule has 166 valence electrons. The third kappa shape index (κ3) is 3.92. The van der Waals surface area contributed by atoms with Gasteiger partial charge in [-0.05, 0) is 18.2 Å². The van der Waals surface area contributed by atoms with E-state index < -0.39 is 52.7 Å². The summed E-state index contributed by atoms with van der Waals surface area (Å²) in [7, 11) is 0. The van der Waals surface area contributed by atoms with Crippen LogP contribution in [0.2, 0.25) is 10.0 Å². The minimum absolute atomic E-state index is 0.234. The van der Waals surface area contributed by atoms with E-state index in [4.69, 9.17) is 23.2 Å². The lowest BCUT2D eigenvalue weighted by Crippen LogP contribution is -2.70. The maximum absolute atomic E-state index is 13.6. The molecule has 0 bridgehead atoms. The number of carbonyl (C=O) groups excluding carboxylic acids is 1. The Kier molecular flexibility index (Phi) is 6.67. The molecule has 0 saturated carbocycles. The number of alkyl halides is 12. The Morgan fingerprint density at radius 1 is 0.793 bits per heavy atom. The summed E-state index contributed by atoms with van der Waals surface area (Å²) in [5.41, 5.74) is -0.854. The van der Waals surface area contributed by atoms with Crippen LogP contribution >= 0.6 is 23.2 Å². The van der Waals surface area contributed by atoms with Gasteiger partial charge in [-0.15, -0.1) is 0 Å². The normalized spacial score (nSPS) is 14.3. The van der Waals surface area contributed by atoms with E-state index in [1.807, 2.05) is 0 Å². The number of rotatable bonds is 7. The van der Waals surface area contributed by atoms with E-state index in [1.54, 1.807) is 0 Å². The van der Waals surface area contributed by atoms with Gasteiger partial charge >= 0.3 is 41.9 Å².